The molecule has 0 spiro atoms. The van der Waals surface area contributed by atoms with Crippen LogP contribution >= 0.6 is 0 Å². The number of hydrogen-bond acceptors (Lipinski definition) is 5. The maximum atomic E-state index is 5.84. The third-order valence-corrected chi connectivity index (χ3v) is 4.47. The molecule has 2 N–H and O–H groups in total. The highest BCUT2D eigenvalue weighted by Crippen LogP contribution is 2.17. The minimum atomic E-state index is 0.426. The highest BCUT2D eigenvalue weighted by molar-refractivity contribution is 5.30. The molecule has 2 aromatic rings. The van der Waals surface area contributed by atoms with E-state index < -0.39 is 0 Å². The highest BCUT2D eigenvalue weighted by Gasteiger charge is 2.15. The van der Waals surface area contributed by atoms with E-state index in [9.17, 15) is 0 Å². The molecule has 1 aliphatic heterocycles. The molecule has 124 valence electrons. The van der Waals surface area contributed by atoms with Crippen LogP contribution in [0.1, 0.15) is 29.8 Å². The lowest BCUT2D eigenvalue weighted by atomic mass is 10.1. The molecule has 23 heavy (non-hydrogen) atoms. The summed E-state index contributed by atoms with van der Waals surface area (Å²) in [6.07, 6.45) is 3.41. The van der Waals surface area contributed by atoms with E-state index in [0.29, 0.717) is 6.54 Å². The van der Waals surface area contributed by atoms with Gasteiger partial charge in [0.05, 0.1) is 25.0 Å². The summed E-state index contributed by atoms with van der Waals surface area (Å²) in [5, 5.41) is 8.57. The van der Waals surface area contributed by atoms with Crippen molar-refractivity contribution in [2.24, 2.45) is 5.73 Å². The Kier molecular flexibility index (Phi) is 5.25. The number of ether oxygens (including phenoxy) is 1. The number of aromatic nitrogens is 3. The second kappa shape index (κ2) is 7.57. The molecule has 2 heterocycles. The van der Waals surface area contributed by atoms with Crippen LogP contribution in [0.4, 0.5) is 0 Å². The van der Waals surface area contributed by atoms with Gasteiger partial charge in [0.25, 0.3) is 0 Å². The van der Waals surface area contributed by atoms with Gasteiger partial charge in [-0.15, -0.1) is 5.10 Å². The van der Waals surface area contributed by atoms with Gasteiger partial charge in [0.1, 0.15) is 5.75 Å². The van der Waals surface area contributed by atoms with Crippen molar-refractivity contribution in [3.05, 3.63) is 41.2 Å². The predicted molar refractivity (Wildman–Crippen MR) is 89.4 cm³/mol. The number of hydrogen-bond donors (Lipinski definition) is 1. The average molecular weight is 315 g/mol. The van der Waals surface area contributed by atoms with Gasteiger partial charge in [-0.3, -0.25) is 0 Å². The van der Waals surface area contributed by atoms with Gasteiger partial charge in [-0.05, 0) is 43.6 Å². The van der Waals surface area contributed by atoms with Crippen LogP contribution in [0.5, 0.6) is 5.75 Å². The summed E-state index contributed by atoms with van der Waals surface area (Å²) < 4.78 is 7.23. The molecule has 0 aliphatic carbocycles. The summed E-state index contributed by atoms with van der Waals surface area (Å²) in [6, 6.07) is 8.12. The molecule has 1 fully saturated rings. The molecule has 1 aromatic heterocycles. The topological polar surface area (TPSA) is 69.2 Å². The summed E-state index contributed by atoms with van der Waals surface area (Å²) in [6.45, 7) is 4.73. The molecule has 3 rings (SSSR count). The summed E-state index contributed by atoms with van der Waals surface area (Å²) >= 11 is 0. The van der Waals surface area contributed by atoms with Crippen molar-refractivity contribution in [3.63, 3.8) is 0 Å². The fraction of sp³-hybridized carbons (Fsp3) is 0.529. The van der Waals surface area contributed by atoms with Crippen molar-refractivity contribution in [1.82, 2.24) is 19.9 Å². The number of nitrogens with two attached hydrogens (primary N) is 1. The lowest BCUT2D eigenvalue weighted by molar-refractivity contribution is 0.312. The molecular formula is C17H25N5O. The van der Waals surface area contributed by atoms with Crippen LogP contribution in [0.15, 0.2) is 24.3 Å². The van der Waals surface area contributed by atoms with Crippen molar-refractivity contribution in [2.45, 2.75) is 32.4 Å². The van der Waals surface area contributed by atoms with Crippen LogP contribution in [-0.4, -0.2) is 46.6 Å². The Morgan fingerprint density at radius 3 is 2.52 bits per heavy atom. The van der Waals surface area contributed by atoms with Gasteiger partial charge in [-0.25, -0.2) is 4.68 Å². The summed E-state index contributed by atoms with van der Waals surface area (Å²) in [7, 11) is 1.68. The van der Waals surface area contributed by atoms with Gasteiger partial charge in [-0.2, -0.15) is 0 Å². The van der Waals surface area contributed by atoms with Crippen LogP contribution in [-0.2, 0) is 19.5 Å². The van der Waals surface area contributed by atoms with E-state index in [1.165, 1.54) is 31.5 Å². The number of methoxy groups -OCH3 is 1. The first kappa shape index (κ1) is 16.0. The Balaban J connectivity index is 1.71. The third-order valence-electron chi connectivity index (χ3n) is 4.47. The van der Waals surface area contributed by atoms with Crippen molar-refractivity contribution in [2.75, 3.05) is 26.7 Å². The first-order valence-corrected chi connectivity index (χ1v) is 8.26. The number of nitrogens with zero attached hydrogens (tertiary/aromatic N) is 4. The minimum Gasteiger partial charge on any atom is -0.497 e. The Morgan fingerprint density at radius 1 is 1.13 bits per heavy atom. The SMILES string of the molecule is COc1ccc(Cc2c(CN)nnn2CCN2CCCC2)cc1. The fourth-order valence-corrected chi connectivity index (χ4v) is 3.08. The molecule has 0 amide bonds. The molecule has 0 saturated carbocycles. The first-order chi connectivity index (χ1) is 11.3. The van der Waals surface area contributed by atoms with Crippen LogP contribution in [0.25, 0.3) is 0 Å². The Labute approximate surface area is 137 Å². The second-order valence-electron chi connectivity index (χ2n) is 5.98. The average Bonchev–Trinajstić information content (AvgIpc) is 3.23. The van der Waals surface area contributed by atoms with Gasteiger partial charge < -0.3 is 15.4 Å². The largest absolute Gasteiger partial charge is 0.497 e. The third kappa shape index (κ3) is 3.89. The fourth-order valence-electron chi connectivity index (χ4n) is 3.08. The molecule has 6 nitrogen and oxygen atoms in total. The van der Waals surface area contributed by atoms with Gasteiger partial charge in [0, 0.05) is 19.5 Å². The van der Waals surface area contributed by atoms with E-state index in [-0.39, 0.29) is 0 Å². The summed E-state index contributed by atoms with van der Waals surface area (Å²) in [4.78, 5) is 2.49. The zero-order valence-electron chi connectivity index (χ0n) is 13.7. The highest BCUT2D eigenvalue weighted by atomic mass is 16.5. The van der Waals surface area contributed by atoms with Crippen LogP contribution < -0.4 is 10.5 Å². The van der Waals surface area contributed by atoms with Gasteiger partial charge in [0.2, 0.25) is 0 Å². The van der Waals surface area contributed by atoms with Crippen molar-refractivity contribution in [3.8, 4) is 5.75 Å². The maximum absolute atomic E-state index is 5.84. The molecule has 0 bridgehead atoms. The molecule has 1 saturated heterocycles. The smallest absolute Gasteiger partial charge is 0.118 e. The number of likely N-dealkylation sites (tertiary alicyclic amines) is 1. The Morgan fingerprint density at radius 2 is 1.87 bits per heavy atom. The van der Waals surface area contributed by atoms with Gasteiger partial charge in [0.15, 0.2) is 0 Å². The zero-order chi connectivity index (χ0) is 16.1. The zero-order valence-corrected chi connectivity index (χ0v) is 13.7. The monoisotopic (exact) mass is 315 g/mol. The summed E-state index contributed by atoms with van der Waals surface area (Å²) in [5.41, 5.74) is 9.06. The van der Waals surface area contributed by atoms with Crippen LogP contribution in [0, 0.1) is 0 Å². The molecule has 0 atom stereocenters. The predicted octanol–water partition coefficient (Wildman–Crippen LogP) is 1.43. The minimum absolute atomic E-state index is 0.426. The van der Waals surface area contributed by atoms with Crippen molar-refractivity contribution in [1.29, 1.82) is 0 Å². The van der Waals surface area contributed by atoms with E-state index in [4.69, 9.17) is 10.5 Å². The maximum Gasteiger partial charge on any atom is 0.118 e. The quantitative estimate of drug-likeness (QED) is 0.837. The van der Waals surface area contributed by atoms with Crippen LogP contribution in [0.3, 0.4) is 0 Å². The lowest BCUT2D eigenvalue weighted by Gasteiger charge is -2.15. The van der Waals surface area contributed by atoms with Gasteiger partial charge >= 0.3 is 0 Å². The Bertz CT molecular complexity index is 616. The number of benzene rings is 1. The second-order valence-corrected chi connectivity index (χ2v) is 5.98. The van der Waals surface area contributed by atoms with E-state index >= 15 is 0 Å². The number of rotatable bonds is 7. The van der Waals surface area contributed by atoms with Crippen molar-refractivity contribution < 1.29 is 4.74 Å². The van der Waals surface area contributed by atoms with E-state index in [2.05, 4.69) is 27.3 Å². The molecular weight excluding hydrogens is 290 g/mol. The van der Waals surface area contributed by atoms with E-state index in [0.717, 1.165) is 36.6 Å². The standard InChI is InChI=1S/C17H25N5O/c1-23-15-6-4-14(5-7-15)12-17-16(13-18)19-20-22(17)11-10-21-8-2-3-9-21/h4-7H,2-3,8-13,18H2,1H3. The lowest BCUT2D eigenvalue weighted by Crippen LogP contribution is -2.25. The normalized spacial score (nSPS) is 15.2. The van der Waals surface area contributed by atoms with E-state index in [1.807, 2.05) is 16.8 Å². The van der Waals surface area contributed by atoms with Crippen LogP contribution in [0.2, 0.25) is 0 Å². The molecule has 1 aliphatic rings. The van der Waals surface area contributed by atoms with E-state index in [1.54, 1.807) is 7.11 Å². The van der Waals surface area contributed by atoms with Gasteiger partial charge in [-0.1, -0.05) is 17.3 Å². The molecule has 6 heteroatoms. The molecule has 0 unspecified atom stereocenters. The molecule has 0 radical (unpaired) electrons. The molecule has 1 aromatic carbocycles. The first-order valence-electron chi connectivity index (χ1n) is 8.26. The Hall–Kier alpha value is -1.92. The summed E-state index contributed by atoms with van der Waals surface area (Å²) in [5.74, 6) is 0.869. The van der Waals surface area contributed by atoms with Crippen molar-refractivity contribution >= 4 is 0 Å².